The first-order chi connectivity index (χ1) is 9.68. The van der Waals surface area contributed by atoms with Crippen molar-refractivity contribution < 1.29 is 8.42 Å². The number of benzene rings is 1. The third kappa shape index (κ3) is 3.78. The topological polar surface area (TPSA) is 72.0 Å². The molecular formula is C15H19N3O2S. The van der Waals surface area contributed by atoms with E-state index in [4.69, 9.17) is 0 Å². The number of sulfonamides is 1. The molecule has 2 aromatic rings. The van der Waals surface area contributed by atoms with Crippen LogP contribution in [-0.2, 0) is 15.4 Å². The summed E-state index contributed by atoms with van der Waals surface area (Å²) < 4.78 is 27.1. The molecule has 0 bridgehead atoms. The third-order valence-electron chi connectivity index (χ3n) is 2.90. The van der Waals surface area contributed by atoms with Crippen LogP contribution in [0, 0.1) is 6.92 Å². The summed E-state index contributed by atoms with van der Waals surface area (Å²) in [6.07, 6.45) is 1.56. The van der Waals surface area contributed by atoms with Crippen LogP contribution in [0.5, 0.6) is 0 Å². The van der Waals surface area contributed by atoms with E-state index in [-0.39, 0.29) is 16.1 Å². The summed E-state index contributed by atoms with van der Waals surface area (Å²) in [5, 5.41) is 0. The first-order valence-electron chi connectivity index (χ1n) is 6.61. The molecule has 1 N–H and O–H groups in total. The Morgan fingerprint density at radius 1 is 1.05 bits per heavy atom. The monoisotopic (exact) mass is 305 g/mol. The second-order valence-corrected chi connectivity index (χ2v) is 7.62. The fourth-order valence-electron chi connectivity index (χ4n) is 1.69. The molecule has 0 atom stereocenters. The van der Waals surface area contributed by atoms with Gasteiger partial charge in [-0.1, -0.05) is 38.5 Å². The first kappa shape index (κ1) is 15.4. The highest BCUT2D eigenvalue weighted by molar-refractivity contribution is 7.92. The van der Waals surface area contributed by atoms with Gasteiger partial charge in [0.25, 0.3) is 10.0 Å². The van der Waals surface area contributed by atoms with E-state index < -0.39 is 10.0 Å². The van der Waals surface area contributed by atoms with Gasteiger partial charge in [-0.3, -0.25) is 4.72 Å². The van der Waals surface area contributed by atoms with Crippen LogP contribution in [0.3, 0.4) is 0 Å². The van der Waals surface area contributed by atoms with Crippen LogP contribution in [0.2, 0.25) is 0 Å². The molecule has 0 aliphatic heterocycles. The number of aryl methyl sites for hydroxylation is 1. The summed E-state index contributed by atoms with van der Waals surface area (Å²) in [5.41, 5.74) is 0.761. The van der Waals surface area contributed by atoms with Gasteiger partial charge in [-0.15, -0.1) is 0 Å². The van der Waals surface area contributed by atoms with Gasteiger partial charge in [-0.2, -0.15) is 0 Å². The van der Waals surface area contributed by atoms with Crippen molar-refractivity contribution in [1.29, 1.82) is 0 Å². The number of rotatable bonds is 3. The molecule has 0 saturated heterocycles. The zero-order chi connectivity index (χ0) is 15.7. The van der Waals surface area contributed by atoms with Gasteiger partial charge in [0.1, 0.15) is 11.6 Å². The maximum absolute atomic E-state index is 12.3. The molecule has 0 aliphatic carbocycles. The van der Waals surface area contributed by atoms with E-state index in [2.05, 4.69) is 14.7 Å². The molecule has 0 saturated carbocycles. The van der Waals surface area contributed by atoms with Crippen molar-refractivity contribution in [3.63, 3.8) is 0 Å². The fraction of sp³-hybridized carbons (Fsp3) is 0.333. The Labute approximate surface area is 125 Å². The quantitative estimate of drug-likeness (QED) is 0.946. The maximum atomic E-state index is 12.3. The molecule has 0 radical (unpaired) electrons. The molecular weight excluding hydrogens is 286 g/mol. The lowest BCUT2D eigenvalue weighted by atomic mass is 9.96. The van der Waals surface area contributed by atoms with Gasteiger partial charge in [0.05, 0.1) is 4.90 Å². The van der Waals surface area contributed by atoms with Crippen molar-refractivity contribution in [2.45, 2.75) is 38.0 Å². The number of nitrogens with zero attached hydrogens (tertiary/aromatic N) is 2. The number of aromatic nitrogens is 2. The van der Waals surface area contributed by atoms with Gasteiger partial charge in [0.15, 0.2) is 0 Å². The maximum Gasteiger partial charge on any atom is 0.263 e. The normalized spacial score (nSPS) is 12.2. The van der Waals surface area contributed by atoms with Crippen LogP contribution in [0.1, 0.15) is 32.2 Å². The van der Waals surface area contributed by atoms with E-state index in [0.29, 0.717) is 5.82 Å². The second kappa shape index (κ2) is 5.44. The Bertz CT molecular complexity index is 732. The number of nitrogens with one attached hydrogen (secondary N) is 1. The summed E-state index contributed by atoms with van der Waals surface area (Å²) in [6, 6.07) is 8.21. The molecule has 0 amide bonds. The van der Waals surface area contributed by atoms with E-state index in [0.717, 1.165) is 5.56 Å². The van der Waals surface area contributed by atoms with Crippen molar-refractivity contribution in [3.05, 3.63) is 47.9 Å². The Morgan fingerprint density at radius 3 is 2.24 bits per heavy atom. The van der Waals surface area contributed by atoms with E-state index in [9.17, 15) is 8.42 Å². The van der Waals surface area contributed by atoms with Gasteiger partial charge < -0.3 is 0 Å². The van der Waals surface area contributed by atoms with Crippen molar-refractivity contribution in [2.24, 2.45) is 0 Å². The predicted octanol–water partition coefficient (Wildman–Crippen LogP) is 2.88. The summed E-state index contributed by atoms with van der Waals surface area (Å²) >= 11 is 0. The standard InChI is InChI=1S/C15H19N3O2S/c1-11-5-7-12(8-6-11)21(19,20)18-13-9-10-16-14(17-13)15(2,3)4/h5-10H,1-4H3,(H,16,17,18). The first-order valence-corrected chi connectivity index (χ1v) is 8.10. The number of hydrogen-bond acceptors (Lipinski definition) is 4. The lowest BCUT2D eigenvalue weighted by Gasteiger charge is -2.17. The van der Waals surface area contributed by atoms with Gasteiger partial charge in [-0.05, 0) is 25.1 Å². The lowest BCUT2D eigenvalue weighted by molar-refractivity contribution is 0.546. The Kier molecular flexibility index (Phi) is 4.00. The zero-order valence-electron chi connectivity index (χ0n) is 12.6. The van der Waals surface area contributed by atoms with Crippen molar-refractivity contribution in [1.82, 2.24) is 9.97 Å². The van der Waals surface area contributed by atoms with Gasteiger partial charge in [0.2, 0.25) is 0 Å². The van der Waals surface area contributed by atoms with Crippen LogP contribution < -0.4 is 4.72 Å². The van der Waals surface area contributed by atoms with Crippen molar-refractivity contribution >= 4 is 15.8 Å². The molecule has 0 unspecified atom stereocenters. The SMILES string of the molecule is Cc1ccc(S(=O)(=O)Nc2ccnc(C(C)(C)C)n2)cc1. The molecule has 1 heterocycles. The molecule has 21 heavy (non-hydrogen) atoms. The van der Waals surface area contributed by atoms with Crippen LogP contribution in [0.15, 0.2) is 41.4 Å². The highest BCUT2D eigenvalue weighted by atomic mass is 32.2. The minimum atomic E-state index is -3.63. The largest absolute Gasteiger partial charge is 0.263 e. The predicted molar refractivity (Wildman–Crippen MR) is 82.7 cm³/mol. The van der Waals surface area contributed by atoms with Crippen LogP contribution in [-0.4, -0.2) is 18.4 Å². The minimum absolute atomic E-state index is 0.212. The smallest absolute Gasteiger partial charge is 0.263 e. The average Bonchev–Trinajstić information content (AvgIpc) is 2.38. The summed E-state index contributed by atoms with van der Waals surface area (Å²) in [7, 11) is -3.63. The van der Waals surface area contributed by atoms with Crippen molar-refractivity contribution in [2.75, 3.05) is 4.72 Å². The van der Waals surface area contributed by atoms with Crippen LogP contribution in [0.25, 0.3) is 0 Å². The highest BCUT2D eigenvalue weighted by Crippen LogP contribution is 2.20. The Balaban J connectivity index is 2.31. The number of anilines is 1. The highest BCUT2D eigenvalue weighted by Gasteiger charge is 2.19. The van der Waals surface area contributed by atoms with E-state index >= 15 is 0 Å². The fourth-order valence-corrected chi connectivity index (χ4v) is 2.69. The van der Waals surface area contributed by atoms with Gasteiger partial charge in [-0.25, -0.2) is 18.4 Å². The lowest BCUT2D eigenvalue weighted by Crippen LogP contribution is -2.19. The Morgan fingerprint density at radius 2 is 1.67 bits per heavy atom. The summed E-state index contributed by atoms with van der Waals surface area (Å²) in [5.74, 6) is 0.863. The average molecular weight is 305 g/mol. The van der Waals surface area contributed by atoms with E-state index in [1.165, 1.54) is 0 Å². The second-order valence-electron chi connectivity index (χ2n) is 5.93. The molecule has 0 aliphatic rings. The van der Waals surface area contributed by atoms with Crippen LogP contribution >= 0.6 is 0 Å². The zero-order valence-corrected chi connectivity index (χ0v) is 13.4. The molecule has 0 fully saturated rings. The molecule has 1 aromatic heterocycles. The van der Waals surface area contributed by atoms with E-state index in [1.807, 2.05) is 27.7 Å². The molecule has 6 heteroatoms. The molecule has 5 nitrogen and oxygen atoms in total. The molecule has 112 valence electrons. The molecule has 1 aromatic carbocycles. The number of hydrogen-bond donors (Lipinski definition) is 1. The third-order valence-corrected chi connectivity index (χ3v) is 4.27. The van der Waals surface area contributed by atoms with Gasteiger partial charge >= 0.3 is 0 Å². The Hall–Kier alpha value is -1.95. The van der Waals surface area contributed by atoms with Gasteiger partial charge in [0, 0.05) is 11.6 Å². The van der Waals surface area contributed by atoms with Crippen LogP contribution in [0.4, 0.5) is 5.82 Å². The van der Waals surface area contributed by atoms with E-state index in [1.54, 1.807) is 36.5 Å². The summed E-state index contributed by atoms with van der Waals surface area (Å²) in [6.45, 7) is 7.83. The molecule has 2 rings (SSSR count). The molecule has 0 spiro atoms. The van der Waals surface area contributed by atoms with Crippen molar-refractivity contribution in [3.8, 4) is 0 Å². The minimum Gasteiger partial charge on any atom is -0.263 e. The summed E-state index contributed by atoms with van der Waals surface area (Å²) in [4.78, 5) is 8.66.